The van der Waals surface area contributed by atoms with E-state index in [2.05, 4.69) is 31.9 Å². The van der Waals surface area contributed by atoms with Crippen LogP contribution in [0.3, 0.4) is 0 Å². The van der Waals surface area contributed by atoms with Crippen LogP contribution in [0.2, 0.25) is 0 Å². The molecule has 13 heavy (non-hydrogen) atoms. The maximum Gasteiger partial charge on any atom is 0.163 e. The highest BCUT2D eigenvalue weighted by Crippen LogP contribution is 2.32. The molecular formula is C9H16Br2O2. The van der Waals surface area contributed by atoms with Gasteiger partial charge in [-0.05, 0) is 26.7 Å². The minimum Gasteiger partial charge on any atom is -0.345 e. The van der Waals surface area contributed by atoms with Crippen molar-refractivity contribution in [3.05, 3.63) is 0 Å². The number of ether oxygens (including phenoxy) is 2. The molecule has 0 aromatic rings. The van der Waals surface area contributed by atoms with E-state index in [4.69, 9.17) is 9.47 Å². The average Bonchev–Trinajstić information content (AvgIpc) is 2.28. The molecule has 78 valence electrons. The lowest BCUT2D eigenvalue weighted by Crippen LogP contribution is -2.23. The monoisotopic (exact) mass is 314 g/mol. The zero-order valence-corrected chi connectivity index (χ0v) is 11.2. The van der Waals surface area contributed by atoms with Crippen LogP contribution >= 0.6 is 31.9 Å². The second-order valence-electron chi connectivity index (χ2n) is 3.67. The summed E-state index contributed by atoms with van der Waals surface area (Å²) in [7, 11) is 0. The first-order chi connectivity index (χ1) is 6.09. The average molecular weight is 316 g/mol. The zero-order valence-electron chi connectivity index (χ0n) is 8.06. The van der Waals surface area contributed by atoms with Gasteiger partial charge < -0.3 is 9.47 Å². The number of rotatable bonds is 4. The Morgan fingerprint density at radius 2 is 1.38 bits per heavy atom. The Hall–Kier alpha value is 0.880. The summed E-state index contributed by atoms with van der Waals surface area (Å²) in [5.41, 5.74) is 0. The molecule has 1 aliphatic rings. The Balaban J connectivity index is 2.49. The van der Waals surface area contributed by atoms with Crippen molar-refractivity contribution in [2.24, 2.45) is 0 Å². The van der Waals surface area contributed by atoms with Crippen LogP contribution in [-0.4, -0.2) is 28.7 Å². The highest BCUT2D eigenvalue weighted by atomic mass is 79.9. The van der Waals surface area contributed by atoms with Gasteiger partial charge in [0, 0.05) is 10.7 Å². The molecule has 0 N–H and O–H groups in total. The fraction of sp³-hybridized carbons (Fsp3) is 1.00. The lowest BCUT2D eigenvalue weighted by molar-refractivity contribution is -0.146. The van der Waals surface area contributed by atoms with Crippen molar-refractivity contribution < 1.29 is 9.47 Å². The number of halogens is 2. The fourth-order valence-corrected chi connectivity index (χ4v) is 2.52. The van der Waals surface area contributed by atoms with Crippen LogP contribution in [0.5, 0.6) is 0 Å². The molecule has 1 heterocycles. The van der Waals surface area contributed by atoms with Crippen LogP contribution in [0, 0.1) is 0 Å². The SMILES string of the molecule is CC1(C)O[C@@H](CCBr)[C@H](CCBr)O1. The van der Waals surface area contributed by atoms with E-state index in [9.17, 15) is 0 Å². The molecule has 2 atom stereocenters. The molecule has 0 aromatic carbocycles. The Morgan fingerprint density at radius 1 is 1.00 bits per heavy atom. The van der Waals surface area contributed by atoms with Crippen molar-refractivity contribution in [3.63, 3.8) is 0 Å². The molecule has 1 rings (SSSR count). The smallest absolute Gasteiger partial charge is 0.163 e. The normalized spacial score (nSPS) is 32.3. The Kier molecular flexibility index (Phi) is 4.69. The van der Waals surface area contributed by atoms with Crippen LogP contribution in [0.25, 0.3) is 0 Å². The van der Waals surface area contributed by atoms with E-state index in [-0.39, 0.29) is 12.2 Å². The van der Waals surface area contributed by atoms with Gasteiger partial charge in [-0.1, -0.05) is 31.9 Å². The minimum atomic E-state index is -0.403. The second-order valence-corrected chi connectivity index (χ2v) is 5.25. The van der Waals surface area contributed by atoms with Gasteiger partial charge in [-0.2, -0.15) is 0 Å². The third-order valence-electron chi connectivity index (χ3n) is 2.07. The molecule has 0 saturated carbocycles. The first kappa shape index (κ1) is 12.0. The Labute approximate surface area is 96.6 Å². The van der Waals surface area contributed by atoms with E-state index in [0.29, 0.717) is 0 Å². The van der Waals surface area contributed by atoms with E-state index in [1.165, 1.54) is 0 Å². The van der Waals surface area contributed by atoms with Crippen LogP contribution in [0.15, 0.2) is 0 Å². The fourth-order valence-electron chi connectivity index (χ4n) is 1.61. The molecule has 0 amide bonds. The first-order valence-corrected chi connectivity index (χ1v) is 6.81. The predicted molar refractivity (Wildman–Crippen MR) is 60.6 cm³/mol. The van der Waals surface area contributed by atoms with Crippen molar-refractivity contribution in [2.45, 2.75) is 44.7 Å². The molecule has 0 radical (unpaired) electrons. The molecule has 1 saturated heterocycles. The van der Waals surface area contributed by atoms with Crippen molar-refractivity contribution in [1.82, 2.24) is 0 Å². The molecule has 0 spiro atoms. The molecule has 0 aliphatic carbocycles. The van der Waals surface area contributed by atoms with Crippen LogP contribution in [-0.2, 0) is 9.47 Å². The summed E-state index contributed by atoms with van der Waals surface area (Å²) in [6.45, 7) is 3.95. The van der Waals surface area contributed by atoms with Crippen molar-refractivity contribution >= 4 is 31.9 Å². The van der Waals surface area contributed by atoms with E-state index in [0.717, 1.165) is 23.5 Å². The van der Waals surface area contributed by atoms with Gasteiger partial charge in [0.2, 0.25) is 0 Å². The van der Waals surface area contributed by atoms with Crippen LogP contribution < -0.4 is 0 Å². The van der Waals surface area contributed by atoms with Crippen LogP contribution in [0.1, 0.15) is 26.7 Å². The molecule has 1 aliphatic heterocycles. The van der Waals surface area contributed by atoms with Crippen molar-refractivity contribution in [1.29, 1.82) is 0 Å². The van der Waals surface area contributed by atoms with Gasteiger partial charge in [-0.15, -0.1) is 0 Å². The number of hydrogen-bond donors (Lipinski definition) is 0. The highest BCUT2D eigenvalue weighted by molar-refractivity contribution is 9.09. The highest BCUT2D eigenvalue weighted by Gasteiger charge is 2.39. The number of hydrogen-bond acceptors (Lipinski definition) is 2. The first-order valence-electron chi connectivity index (χ1n) is 4.56. The molecule has 0 bridgehead atoms. The summed E-state index contributed by atoms with van der Waals surface area (Å²) < 4.78 is 11.6. The molecule has 0 unspecified atom stereocenters. The maximum absolute atomic E-state index is 5.78. The maximum atomic E-state index is 5.78. The van der Waals surface area contributed by atoms with Crippen molar-refractivity contribution in [3.8, 4) is 0 Å². The van der Waals surface area contributed by atoms with Gasteiger partial charge in [0.25, 0.3) is 0 Å². The largest absolute Gasteiger partial charge is 0.345 e. The van der Waals surface area contributed by atoms with E-state index >= 15 is 0 Å². The van der Waals surface area contributed by atoms with E-state index < -0.39 is 5.79 Å². The Bertz CT molecular complexity index is 146. The second kappa shape index (κ2) is 5.10. The van der Waals surface area contributed by atoms with Gasteiger partial charge >= 0.3 is 0 Å². The van der Waals surface area contributed by atoms with Gasteiger partial charge in [-0.25, -0.2) is 0 Å². The van der Waals surface area contributed by atoms with Gasteiger partial charge in [0.15, 0.2) is 5.79 Å². The standard InChI is InChI=1S/C9H16Br2O2/c1-9(2)12-7(3-5-10)8(13-9)4-6-11/h7-8H,3-6H2,1-2H3/t7-,8-/m0/s1. The summed E-state index contributed by atoms with van der Waals surface area (Å²) in [6, 6.07) is 0. The molecular weight excluding hydrogens is 300 g/mol. The van der Waals surface area contributed by atoms with Crippen LogP contribution in [0.4, 0.5) is 0 Å². The Morgan fingerprint density at radius 3 is 1.69 bits per heavy atom. The summed E-state index contributed by atoms with van der Waals surface area (Å²) in [5, 5.41) is 1.94. The summed E-state index contributed by atoms with van der Waals surface area (Å²) in [4.78, 5) is 0. The third-order valence-corrected chi connectivity index (χ3v) is 2.99. The predicted octanol–water partition coefficient (Wildman–Crippen LogP) is 3.08. The zero-order chi connectivity index (χ0) is 9.90. The van der Waals surface area contributed by atoms with Gasteiger partial charge in [-0.3, -0.25) is 0 Å². The minimum absolute atomic E-state index is 0.243. The third kappa shape index (κ3) is 3.50. The van der Waals surface area contributed by atoms with Gasteiger partial charge in [0.05, 0.1) is 12.2 Å². The lowest BCUT2D eigenvalue weighted by Gasteiger charge is -2.16. The number of alkyl halides is 2. The summed E-state index contributed by atoms with van der Waals surface area (Å²) in [6.07, 6.45) is 2.51. The molecule has 0 aromatic heterocycles. The lowest BCUT2D eigenvalue weighted by atomic mass is 10.1. The topological polar surface area (TPSA) is 18.5 Å². The van der Waals surface area contributed by atoms with Crippen molar-refractivity contribution in [2.75, 3.05) is 10.7 Å². The quantitative estimate of drug-likeness (QED) is 0.742. The van der Waals surface area contributed by atoms with Gasteiger partial charge in [0.1, 0.15) is 0 Å². The molecule has 2 nitrogen and oxygen atoms in total. The summed E-state index contributed by atoms with van der Waals surface area (Å²) >= 11 is 6.86. The molecule has 1 fully saturated rings. The van der Waals surface area contributed by atoms with E-state index in [1.807, 2.05) is 13.8 Å². The summed E-state index contributed by atoms with van der Waals surface area (Å²) in [5.74, 6) is -0.403. The molecule has 4 heteroatoms. The van der Waals surface area contributed by atoms with E-state index in [1.54, 1.807) is 0 Å².